The number of carbonyl (C=O) groups is 1. The molecule has 1 aromatic heterocycles. The van der Waals surface area contributed by atoms with Crippen molar-refractivity contribution in [2.24, 2.45) is 0 Å². The zero-order chi connectivity index (χ0) is 10.4. The van der Waals surface area contributed by atoms with Crippen LogP contribution in [0.15, 0.2) is 6.07 Å². The van der Waals surface area contributed by atoms with Crippen LogP contribution in [0.2, 0.25) is 0 Å². The molecule has 3 rings (SSSR count). The number of nitrogens with zero attached hydrogens (tertiary/aromatic N) is 2. The Hall–Kier alpha value is -1.32. The molecule has 0 aliphatic heterocycles. The predicted octanol–water partition coefficient (Wildman–Crippen LogP) is 2.18. The van der Waals surface area contributed by atoms with E-state index in [0.717, 1.165) is 18.5 Å². The minimum Gasteiger partial charge on any atom is -0.477 e. The Morgan fingerprint density at radius 3 is 2.60 bits per heavy atom. The van der Waals surface area contributed by atoms with E-state index in [2.05, 4.69) is 5.10 Å². The van der Waals surface area contributed by atoms with Gasteiger partial charge in [-0.15, -0.1) is 0 Å². The fourth-order valence-corrected chi connectivity index (χ4v) is 2.07. The number of carboxylic acid groups (broad SMARTS) is 1. The van der Waals surface area contributed by atoms with Gasteiger partial charge in [-0.05, 0) is 31.7 Å². The average molecular weight is 206 g/mol. The number of carboxylic acids is 1. The largest absolute Gasteiger partial charge is 0.477 e. The summed E-state index contributed by atoms with van der Waals surface area (Å²) < 4.78 is 1.72. The van der Waals surface area contributed by atoms with Gasteiger partial charge in [0.15, 0.2) is 0 Å². The minimum atomic E-state index is -0.847. The molecule has 0 aromatic carbocycles. The predicted molar refractivity (Wildman–Crippen MR) is 54.0 cm³/mol. The fourth-order valence-electron chi connectivity index (χ4n) is 2.07. The summed E-state index contributed by atoms with van der Waals surface area (Å²) in [6, 6.07) is 2.12. The fraction of sp³-hybridized carbons (Fsp3) is 0.636. The van der Waals surface area contributed by atoms with E-state index in [1.165, 1.54) is 19.3 Å². The smallest absolute Gasteiger partial charge is 0.354 e. The van der Waals surface area contributed by atoms with Gasteiger partial charge in [-0.3, -0.25) is 4.68 Å². The van der Waals surface area contributed by atoms with E-state index in [0.29, 0.717) is 17.7 Å². The average Bonchev–Trinajstić information content (AvgIpc) is 2.85. The monoisotopic (exact) mass is 206 g/mol. The number of hydrogen-bond donors (Lipinski definition) is 1. The summed E-state index contributed by atoms with van der Waals surface area (Å²) in [5.74, 6) is -0.330. The summed E-state index contributed by atoms with van der Waals surface area (Å²) in [5, 5.41) is 13.5. The molecule has 1 aromatic rings. The van der Waals surface area contributed by atoms with Crippen molar-refractivity contribution < 1.29 is 9.90 Å². The molecule has 0 atom stereocenters. The summed E-state index contributed by atoms with van der Waals surface area (Å²) in [7, 11) is 0. The molecule has 0 spiro atoms. The lowest BCUT2D eigenvalue weighted by molar-refractivity contribution is 0.0683. The molecular weight excluding hydrogens is 192 g/mol. The van der Waals surface area contributed by atoms with Crippen molar-refractivity contribution in [3.63, 3.8) is 0 Å². The standard InChI is InChI=1S/C11H14N2O2/c14-11(15)10-6-9(7-2-1-3-7)12-13(10)8-4-5-8/h6-8H,1-5H2,(H,14,15). The Balaban J connectivity index is 1.95. The quantitative estimate of drug-likeness (QED) is 0.824. The zero-order valence-electron chi connectivity index (χ0n) is 8.52. The van der Waals surface area contributed by atoms with Crippen LogP contribution in [0, 0.1) is 0 Å². The van der Waals surface area contributed by atoms with Crippen molar-refractivity contribution in [2.75, 3.05) is 0 Å². The van der Waals surface area contributed by atoms with E-state index >= 15 is 0 Å². The van der Waals surface area contributed by atoms with Crippen molar-refractivity contribution in [1.29, 1.82) is 0 Å². The maximum atomic E-state index is 11.0. The highest BCUT2D eigenvalue weighted by Crippen LogP contribution is 2.39. The first-order chi connectivity index (χ1) is 7.25. The van der Waals surface area contributed by atoms with E-state index in [4.69, 9.17) is 5.11 Å². The van der Waals surface area contributed by atoms with Crippen molar-refractivity contribution in [1.82, 2.24) is 9.78 Å². The van der Waals surface area contributed by atoms with Crippen LogP contribution in [0.25, 0.3) is 0 Å². The first kappa shape index (κ1) is 8.95. The number of hydrogen-bond acceptors (Lipinski definition) is 2. The van der Waals surface area contributed by atoms with Crippen LogP contribution >= 0.6 is 0 Å². The van der Waals surface area contributed by atoms with Gasteiger partial charge in [0.25, 0.3) is 0 Å². The third-order valence-electron chi connectivity index (χ3n) is 3.39. The summed E-state index contributed by atoms with van der Waals surface area (Å²) in [5.41, 5.74) is 1.37. The van der Waals surface area contributed by atoms with Gasteiger partial charge in [-0.1, -0.05) is 6.42 Å². The van der Waals surface area contributed by atoms with E-state index in [-0.39, 0.29) is 0 Å². The number of aromatic carboxylic acids is 1. The first-order valence-corrected chi connectivity index (χ1v) is 5.58. The second-order valence-electron chi connectivity index (χ2n) is 4.56. The topological polar surface area (TPSA) is 55.1 Å². The third kappa shape index (κ3) is 1.44. The second kappa shape index (κ2) is 3.08. The minimum absolute atomic E-state index is 0.352. The highest BCUT2D eigenvalue weighted by atomic mass is 16.4. The van der Waals surface area contributed by atoms with Crippen LogP contribution in [0.3, 0.4) is 0 Å². The van der Waals surface area contributed by atoms with Crippen molar-refractivity contribution >= 4 is 5.97 Å². The maximum absolute atomic E-state index is 11.0. The van der Waals surface area contributed by atoms with Gasteiger partial charge in [-0.2, -0.15) is 5.10 Å². The Bertz CT molecular complexity index is 403. The molecule has 1 heterocycles. The van der Waals surface area contributed by atoms with Crippen molar-refractivity contribution in [3.05, 3.63) is 17.5 Å². The lowest BCUT2D eigenvalue weighted by Gasteiger charge is -2.22. The highest BCUT2D eigenvalue weighted by molar-refractivity contribution is 5.85. The Morgan fingerprint density at radius 2 is 2.13 bits per heavy atom. The number of rotatable bonds is 3. The molecule has 0 unspecified atom stereocenters. The first-order valence-electron chi connectivity index (χ1n) is 5.58. The molecule has 0 amide bonds. The molecule has 1 N–H and O–H groups in total. The Labute approximate surface area is 87.9 Å². The molecular formula is C11H14N2O2. The summed E-state index contributed by atoms with van der Waals surface area (Å²) in [6.45, 7) is 0. The second-order valence-corrected chi connectivity index (χ2v) is 4.56. The van der Waals surface area contributed by atoms with E-state index < -0.39 is 5.97 Å². The summed E-state index contributed by atoms with van der Waals surface area (Å²) in [4.78, 5) is 11.0. The van der Waals surface area contributed by atoms with E-state index in [9.17, 15) is 4.79 Å². The zero-order valence-corrected chi connectivity index (χ0v) is 8.52. The van der Waals surface area contributed by atoms with E-state index in [1.807, 2.05) is 0 Å². The van der Waals surface area contributed by atoms with Crippen LogP contribution in [-0.2, 0) is 0 Å². The molecule has 2 fully saturated rings. The van der Waals surface area contributed by atoms with Crippen LogP contribution in [0.5, 0.6) is 0 Å². The lowest BCUT2D eigenvalue weighted by atomic mass is 9.83. The molecule has 2 saturated carbocycles. The maximum Gasteiger partial charge on any atom is 0.354 e. The van der Waals surface area contributed by atoms with Crippen LogP contribution < -0.4 is 0 Å². The van der Waals surface area contributed by atoms with Crippen LogP contribution in [0.4, 0.5) is 0 Å². The summed E-state index contributed by atoms with van der Waals surface area (Å²) >= 11 is 0. The summed E-state index contributed by atoms with van der Waals surface area (Å²) in [6.07, 6.45) is 5.74. The Morgan fingerprint density at radius 1 is 1.40 bits per heavy atom. The highest BCUT2D eigenvalue weighted by Gasteiger charge is 2.31. The SMILES string of the molecule is O=C(O)c1cc(C2CCC2)nn1C1CC1. The molecule has 15 heavy (non-hydrogen) atoms. The number of aromatic nitrogens is 2. The van der Waals surface area contributed by atoms with Gasteiger partial charge >= 0.3 is 5.97 Å². The lowest BCUT2D eigenvalue weighted by Crippen LogP contribution is -2.10. The van der Waals surface area contributed by atoms with Gasteiger partial charge in [0.2, 0.25) is 0 Å². The molecule has 4 heteroatoms. The molecule has 4 nitrogen and oxygen atoms in total. The molecule has 2 aliphatic rings. The van der Waals surface area contributed by atoms with Gasteiger partial charge in [-0.25, -0.2) is 4.79 Å². The van der Waals surface area contributed by atoms with Gasteiger partial charge in [0, 0.05) is 5.92 Å². The van der Waals surface area contributed by atoms with E-state index in [1.54, 1.807) is 10.7 Å². The van der Waals surface area contributed by atoms with Gasteiger partial charge < -0.3 is 5.11 Å². The van der Waals surface area contributed by atoms with Gasteiger partial charge in [0.05, 0.1) is 11.7 Å². The molecule has 80 valence electrons. The molecule has 0 bridgehead atoms. The molecule has 2 aliphatic carbocycles. The van der Waals surface area contributed by atoms with Crippen LogP contribution in [-0.4, -0.2) is 20.9 Å². The Kier molecular flexibility index (Phi) is 1.84. The van der Waals surface area contributed by atoms with Crippen molar-refractivity contribution in [2.45, 2.75) is 44.1 Å². The normalized spacial score (nSPS) is 21.3. The third-order valence-corrected chi connectivity index (χ3v) is 3.39. The van der Waals surface area contributed by atoms with Crippen molar-refractivity contribution in [3.8, 4) is 0 Å². The molecule has 0 radical (unpaired) electrons. The molecule has 0 saturated heterocycles. The van der Waals surface area contributed by atoms with Gasteiger partial charge in [0.1, 0.15) is 5.69 Å². The van der Waals surface area contributed by atoms with Crippen LogP contribution in [0.1, 0.15) is 60.2 Å².